The van der Waals surface area contributed by atoms with Gasteiger partial charge in [-0.1, -0.05) is 19.1 Å². The van der Waals surface area contributed by atoms with Crippen molar-refractivity contribution in [1.29, 1.82) is 0 Å². The highest BCUT2D eigenvalue weighted by molar-refractivity contribution is 14.0. The van der Waals surface area contributed by atoms with Gasteiger partial charge in [0.05, 0.1) is 0 Å². The summed E-state index contributed by atoms with van der Waals surface area (Å²) in [5.41, 5.74) is 1.13. The summed E-state index contributed by atoms with van der Waals surface area (Å²) >= 11 is 1.81. The van der Waals surface area contributed by atoms with Gasteiger partial charge >= 0.3 is 0 Å². The van der Waals surface area contributed by atoms with Crippen molar-refractivity contribution < 1.29 is 9.47 Å². The van der Waals surface area contributed by atoms with Gasteiger partial charge in [0.1, 0.15) is 0 Å². The number of halogens is 1. The molecule has 0 aliphatic carbocycles. The van der Waals surface area contributed by atoms with Crippen molar-refractivity contribution in [3.05, 3.63) is 46.2 Å². The average molecular weight is 473 g/mol. The molecule has 0 bridgehead atoms. The molecule has 0 fully saturated rings. The number of nitrogens with zero attached hydrogens (tertiary/aromatic N) is 1. The van der Waals surface area contributed by atoms with E-state index in [4.69, 9.17) is 9.47 Å². The molecular weight excluding hydrogens is 449 g/mol. The fourth-order valence-corrected chi connectivity index (χ4v) is 3.44. The lowest BCUT2D eigenvalue weighted by Crippen LogP contribution is -2.39. The number of aliphatic imine (C=N–C) groups is 1. The molecule has 1 unspecified atom stereocenters. The zero-order valence-corrected chi connectivity index (χ0v) is 17.6. The predicted molar refractivity (Wildman–Crippen MR) is 113 cm³/mol. The third kappa shape index (κ3) is 5.78. The molecule has 5 nitrogen and oxygen atoms in total. The first-order valence-corrected chi connectivity index (χ1v) is 8.98. The van der Waals surface area contributed by atoms with E-state index in [-0.39, 0.29) is 24.0 Å². The molecule has 1 atom stereocenters. The second-order valence-corrected chi connectivity index (χ2v) is 6.92. The molecule has 0 saturated carbocycles. The Morgan fingerprint density at radius 3 is 2.84 bits per heavy atom. The molecule has 2 heterocycles. The van der Waals surface area contributed by atoms with Crippen molar-refractivity contribution in [3.63, 3.8) is 0 Å². The molecule has 7 heteroatoms. The van der Waals surface area contributed by atoms with Gasteiger partial charge in [-0.3, -0.25) is 4.99 Å². The number of ether oxygens (including phenoxy) is 2. The fraction of sp³-hybridized carbons (Fsp3) is 0.389. The first-order chi connectivity index (χ1) is 11.7. The molecule has 2 N–H and O–H groups in total. The summed E-state index contributed by atoms with van der Waals surface area (Å²) in [6, 6.07) is 10.3. The van der Waals surface area contributed by atoms with Crippen LogP contribution in [0.5, 0.6) is 11.5 Å². The van der Waals surface area contributed by atoms with Gasteiger partial charge in [-0.25, -0.2) is 0 Å². The van der Waals surface area contributed by atoms with Crippen molar-refractivity contribution in [2.24, 2.45) is 10.9 Å². The van der Waals surface area contributed by atoms with Crippen LogP contribution in [0, 0.1) is 5.92 Å². The minimum atomic E-state index is 0. The maximum Gasteiger partial charge on any atom is 0.231 e. The summed E-state index contributed by atoms with van der Waals surface area (Å²) in [7, 11) is 1.79. The zero-order valence-electron chi connectivity index (χ0n) is 14.5. The van der Waals surface area contributed by atoms with E-state index in [1.54, 1.807) is 7.05 Å². The fourth-order valence-electron chi connectivity index (χ4n) is 2.57. The molecule has 1 aromatic heterocycles. The van der Waals surface area contributed by atoms with E-state index >= 15 is 0 Å². The van der Waals surface area contributed by atoms with Crippen LogP contribution < -0.4 is 20.1 Å². The van der Waals surface area contributed by atoms with Crippen LogP contribution in [0.25, 0.3) is 0 Å². The number of benzene rings is 1. The Morgan fingerprint density at radius 2 is 2.08 bits per heavy atom. The largest absolute Gasteiger partial charge is 0.454 e. The van der Waals surface area contributed by atoms with E-state index in [0.717, 1.165) is 36.0 Å². The van der Waals surface area contributed by atoms with Crippen LogP contribution in [-0.2, 0) is 13.0 Å². The smallest absolute Gasteiger partial charge is 0.231 e. The molecule has 1 aliphatic heterocycles. The number of fused-ring (bicyclic) bond motifs is 1. The van der Waals surface area contributed by atoms with Crippen LogP contribution in [0.2, 0.25) is 0 Å². The topological polar surface area (TPSA) is 54.9 Å². The van der Waals surface area contributed by atoms with Crippen molar-refractivity contribution in [2.45, 2.75) is 19.9 Å². The van der Waals surface area contributed by atoms with Gasteiger partial charge in [-0.15, -0.1) is 35.3 Å². The van der Waals surface area contributed by atoms with E-state index in [2.05, 4.69) is 40.1 Å². The Kier molecular flexibility index (Phi) is 7.83. The summed E-state index contributed by atoms with van der Waals surface area (Å²) in [4.78, 5) is 5.71. The molecule has 1 aromatic carbocycles. The quantitative estimate of drug-likeness (QED) is 0.382. The summed E-state index contributed by atoms with van der Waals surface area (Å²) in [6.45, 7) is 4.13. The number of nitrogens with one attached hydrogen (secondary N) is 2. The van der Waals surface area contributed by atoms with Crippen LogP contribution in [0.15, 0.2) is 40.7 Å². The second kappa shape index (κ2) is 9.86. The second-order valence-electron chi connectivity index (χ2n) is 5.88. The molecule has 1 aliphatic rings. The van der Waals surface area contributed by atoms with E-state index < -0.39 is 0 Å². The lowest BCUT2D eigenvalue weighted by molar-refractivity contribution is 0.174. The van der Waals surface area contributed by atoms with E-state index in [1.165, 1.54) is 4.88 Å². The number of thiophene rings is 1. The zero-order chi connectivity index (χ0) is 16.8. The van der Waals surface area contributed by atoms with E-state index in [9.17, 15) is 0 Å². The number of hydrogen-bond acceptors (Lipinski definition) is 4. The molecule has 0 saturated heterocycles. The number of guanidine groups is 1. The summed E-state index contributed by atoms with van der Waals surface area (Å²) in [5, 5.41) is 8.85. The van der Waals surface area contributed by atoms with Gasteiger partial charge in [0.2, 0.25) is 6.79 Å². The van der Waals surface area contributed by atoms with Crippen molar-refractivity contribution in [2.75, 3.05) is 20.4 Å². The van der Waals surface area contributed by atoms with Gasteiger partial charge in [0.15, 0.2) is 17.5 Å². The van der Waals surface area contributed by atoms with Crippen LogP contribution in [0.1, 0.15) is 17.4 Å². The third-order valence-electron chi connectivity index (χ3n) is 3.87. The maximum absolute atomic E-state index is 5.41. The highest BCUT2D eigenvalue weighted by atomic mass is 127. The van der Waals surface area contributed by atoms with Crippen molar-refractivity contribution >= 4 is 41.3 Å². The molecule has 0 spiro atoms. The van der Waals surface area contributed by atoms with Crippen LogP contribution >= 0.6 is 35.3 Å². The van der Waals surface area contributed by atoms with Gasteiger partial charge in [0.25, 0.3) is 0 Å². The van der Waals surface area contributed by atoms with Crippen LogP contribution in [-0.4, -0.2) is 26.3 Å². The SMILES string of the molecule is CN=C(NCc1ccc2c(c1)OCO2)NCC(C)Cc1cccs1.I. The van der Waals surface area contributed by atoms with Crippen molar-refractivity contribution in [1.82, 2.24) is 10.6 Å². The van der Waals surface area contributed by atoms with Gasteiger partial charge in [-0.05, 0) is 41.5 Å². The minimum absolute atomic E-state index is 0. The molecule has 0 radical (unpaired) electrons. The first-order valence-electron chi connectivity index (χ1n) is 8.10. The Bertz CT molecular complexity index is 692. The summed E-state index contributed by atoms with van der Waals surface area (Å²) in [5.74, 6) is 2.98. The van der Waals surface area contributed by atoms with Gasteiger partial charge in [0, 0.05) is 25.0 Å². The predicted octanol–water partition coefficient (Wildman–Crippen LogP) is 3.64. The Labute approximate surface area is 169 Å². The highest BCUT2D eigenvalue weighted by Gasteiger charge is 2.13. The maximum atomic E-state index is 5.41. The Morgan fingerprint density at radius 1 is 1.24 bits per heavy atom. The molecule has 2 aromatic rings. The average Bonchev–Trinajstić information content (AvgIpc) is 3.25. The Hall–Kier alpha value is -1.48. The molecule has 136 valence electrons. The molecular formula is C18H24IN3O2S. The van der Waals surface area contributed by atoms with Crippen LogP contribution in [0.4, 0.5) is 0 Å². The highest BCUT2D eigenvalue weighted by Crippen LogP contribution is 2.32. The van der Waals surface area contributed by atoms with E-state index in [1.807, 2.05) is 29.5 Å². The number of hydrogen-bond donors (Lipinski definition) is 2. The Balaban J connectivity index is 0.00000225. The molecule has 3 rings (SSSR count). The van der Waals surface area contributed by atoms with Crippen molar-refractivity contribution in [3.8, 4) is 11.5 Å². The third-order valence-corrected chi connectivity index (χ3v) is 4.77. The summed E-state index contributed by atoms with van der Waals surface area (Å²) in [6.07, 6.45) is 1.09. The van der Waals surface area contributed by atoms with Gasteiger partial charge in [-0.2, -0.15) is 0 Å². The number of rotatable bonds is 6. The lowest BCUT2D eigenvalue weighted by atomic mass is 10.1. The first kappa shape index (κ1) is 19.8. The van der Waals surface area contributed by atoms with E-state index in [0.29, 0.717) is 19.3 Å². The normalized spacial score (nSPS) is 13.9. The van der Waals surface area contributed by atoms with Gasteiger partial charge < -0.3 is 20.1 Å². The minimum Gasteiger partial charge on any atom is -0.454 e. The summed E-state index contributed by atoms with van der Waals surface area (Å²) < 4.78 is 10.7. The lowest BCUT2D eigenvalue weighted by Gasteiger charge is -2.15. The van der Waals surface area contributed by atoms with Crippen LogP contribution in [0.3, 0.4) is 0 Å². The monoisotopic (exact) mass is 473 g/mol. The standard InChI is InChI=1S/C18H23N3O2S.HI/c1-13(8-15-4-3-7-24-15)10-20-18(19-2)21-11-14-5-6-16-17(9-14)23-12-22-16;/h3-7,9,13H,8,10-12H2,1-2H3,(H2,19,20,21);1H. The molecule has 0 amide bonds. The molecule has 25 heavy (non-hydrogen) atoms.